The second-order valence-electron chi connectivity index (χ2n) is 5.77. The highest BCUT2D eigenvalue weighted by Gasteiger charge is 2.15. The average molecular weight is 261 g/mol. The number of rotatable bonds is 6. The molecule has 1 atom stereocenters. The van der Waals surface area contributed by atoms with Gasteiger partial charge in [0.1, 0.15) is 0 Å². The lowest BCUT2D eigenvalue weighted by molar-refractivity contribution is 0.264. The lowest BCUT2D eigenvalue weighted by Gasteiger charge is -2.29. The third-order valence-electron chi connectivity index (χ3n) is 3.74. The van der Waals surface area contributed by atoms with Crippen molar-refractivity contribution in [3.63, 3.8) is 0 Å². The summed E-state index contributed by atoms with van der Waals surface area (Å²) in [5.74, 6) is 0. The Balaban J connectivity index is 1.70. The molecule has 1 saturated heterocycles. The fourth-order valence-corrected chi connectivity index (χ4v) is 2.87. The molecule has 0 aliphatic carbocycles. The van der Waals surface area contributed by atoms with E-state index >= 15 is 0 Å². The van der Waals surface area contributed by atoms with Gasteiger partial charge in [0.05, 0.1) is 0 Å². The third-order valence-corrected chi connectivity index (χ3v) is 3.74. The van der Waals surface area contributed by atoms with E-state index in [1.165, 1.54) is 18.4 Å². The van der Waals surface area contributed by atoms with Crippen molar-refractivity contribution in [2.24, 2.45) is 0 Å². The van der Waals surface area contributed by atoms with E-state index in [0.717, 1.165) is 26.2 Å². The maximum atomic E-state index is 3.75. The van der Waals surface area contributed by atoms with Crippen LogP contribution in [0.3, 0.4) is 0 Å². The van der Waals surface area contributed by atoms with E-state index in [1.807, 2.05) is 0 Å². The van der Waals surface area contributed by atoms with E-state index in [2.05, 4.69) is 59.8 Å². The molecular weight excluding hydrogens is 234 g/mol. The molecule has 19 heavy (non-hydrogen) atoms. The van der Waals surface area contributed by atoms with Crippen molar-refractivity contribution in [3.8, 4) is 0 Å². The van der Waals surface area contributed by atoms with Crippen molar-refractivity contribution < 1.29 is 0 Å². The predicted molar refractivity (Wildman–Crippen MR) is 81.3 cm³/mol. The summed E-state index contributed by atoms with van der Waals surface area (Å²) >= 11 is 0. The zero-order chi connectivity index (χ0) is 13.5. The molecule has 0 saturated carbocycles. The van der Waals surface area contributed by atoms with E-state index in [4.69, 9.17) is 0 Å². The van der Waals surface area contributed by atoms with Gasteiger partial charge in [-0.1, -0.05) is 30.3 Å². The van der Waals surface area contributed by atoms with Gasteiger partial charge in [-0.2, -0.15) is 0 Å². The number of nitrogens with one attached hydrogen (secondary N) is 2. The second kappa shape index (κ2) is 7.63. The lowest BCUT2D eigenvalue weighted by atomic mass is 10.1. The summed E-state index contributed by atoms with van der Waals surface area (Å²) < 4.78 is 0. The van der Waals surface area contributed by atoms with Crippen LogP contribution in [0.25, 0.3) is 0 Å². The molecule has 0 bridgehead atoms. The summed E-state index contributed by atoms with van der Waals surface area (Å²) in [6.07, 6.45) is 2.51. The summed E-state index contributed by atoms with van der Waals surface area (Å²) in [5, 5.41) is 7.16. The largest absolute Gasteiger partial charge is 0.317 e. The molecule has 0 radical (unpaired) electrons. The Kier molecular flexibility index (Phi) is 5.83. The molecule has 1 aromatic rings. The first-order valence-corrected chi connectivity index (χ1v) is 7.43. The van der Waals surface area contributed by atoms with Crippen LogP contribution in [-0.2, 0) is 6.54 Å². The first-order chi connectivity index (χ1) is 9.24. The molecule has 0 spiro atoms. The summed E-state index contributed by atoms with van der Waals surface area (Å²) in [4.78, 5) is 2.40. The zero-order valence-electron chi connectivity index (χ0n) is 12.2. The minimum atomic E-state index is 0.553. The number of likely N-dealkylation sites (N-methyl/N-ethyl adjacent to an activating group) is 1. The topological polar surface area (TPSA) is 27.3 Å². The Bertz CT molecular complexity index is 346. The van der Waals surface area contributed by atoms with Gasteiger partial charge < -0.3 is 15.5 Å². The molecule has 0 amide bonds. The lowest BCUT2D eigenvalue weighted by Crippen LogP contribution is -2.47. The van der Waals surface area contributed by atoms with Crippen LogP contribution in [0.4, 0.5) is 0 Å². The van der Waals surface area contributed by atoms with Crippen LogP contribution in [0.5, 0.6) is 0 Å². The van der Waals surface area contributed by atoms with Crippen molar-refractivity contribution in [1.29, 1.82) is 0 Å². The van der Waals surface area contributed by atoms with Crippen molar-refractivity contribution in [1.82, 2.24) is 15.5 Å². The molecule has 1 heterocycles. The third kappa shape index (κ3) is 5.31. The van der Waals surface area contributed by atoms with Crippen LogP contribution in [0, 0.1) is 0 Å². The monoisotopic (exact) mass is 261 g/mol. The number of hydrogen-bond acceptors (Lipinski definition) is 3. The smallest absolute Gasteiger partial charge is 0.0231 e. The van der Waals surface area contributed by atoms with Crippen LogP contribution < -0.4 is 10.6 Å². The number of piperidine rings is 1. The van der Waals surface area contributed by atoms with Crippen LogP contribution in [0.1, 0.15) is 25.3 Å². The fraction of sp³-hybridized carbons (Fsp3) is 0.625. The minimum Gasteiger partial charge on any atom is -0.317 e. The Morgan fingerprint density at radius 1 is 1.26 bits per heavy atom. The fourth-order valence-electron chi connectivity index (χ4n) is 2.87. The standard InChI is InChI=1S/C16H27N3/c1-14(18-16-8-10-17-11-9-16)12-19(2)13-15-6-4-3-5-7-15/h3-7,14,16-18H,8-13H2,1-2H3. The number of benzene rings is 1. The molecule has 1 unspecified atom stereocenters. The molecule has 3 heteroatoms. The molecule has 2 N–H and O–H groups in total. The molecule has 1 aromatic carbocycles. The van der Waals surface area contributed by atoms with Gasteiger partial charge in [-0.15, -0.1) is 0 Å². The van der Waals surface area contributed by atoms with Crippen molar-refractivity contribution in [2.75, 3.05) is 26.7 Å². The molecular formula is C16H27N3. The number of hydrogen-bond donors (Lipinski definition) is 2. The highest BCUT2D eigenvalue weighted by Crippen LogP contribution is 2.06. The van der Waals surface area contributed by atoms with Gasteiger partial charge in [0, 0.05) is 25.2 Å². The Morgan fingerprint density at radius 3 is 2.63 bits per heavy atom. The van der Waals surface area contributed by atoms with Crippen LogP contribution >= 0.6 is 0 Å². The van der Waals surface area contributed by atoms with Gasteiger partial charge in [-0.25, -0.2) is 0 Å². The predicted octanol–water partition coefficient (Wildman–Crippen LogP) is 1.85. The second-order valence-corrected chi connectivity index (χ2v) is 5.77. The molecule has 106 valence electrons. The Labute approximate surface area is 117 Å². The Hall–Kier alpha value is -0.900. The van der Waals surface area contributed by atoms with Gasteiger partial charge in [-0.3, -0.25) is 0 Å². The normalized spacial score (nSPS) is 18.7. The summed E-state index contributed by atoms with van der Waals surface area (Å²) in [6.45, 7) is 6.73. The summed E-state index contributed by atoms with van der Waals surface area (Å²) in [7, 11) is 2.20. The van der Waals surface area contributed by atoms with Crippen molar-refractivity contribution in [2.45, 2.75) is 38.4 Å². The van der Waals surface area contributed by atoms with Crippen LogP contribution in [0.2, 0.25) is 0 Å². The molecule has 2 rings (SSSR count). The van der Waals surface area contributed by atoms with Gasteiger partial charge in [0.25, 0.3) is 0 Å². The van der Waals surface area contributed by atoms with Crippen LogP contribution in [-0.4, -0.2) is 43.7 Å². The first-order valence-electron chi connectivity index (χ1n) is 7.43. The van der Waals surface area contributed by atoms with Gasteiger partial charge in [-0.05, 0) is 45.5 Å². The first kappa shape index (κ1) is 14.5. The van der Waals surface area contributed by atoms with E-state index < -0.39 is 0 Å². The maximum absolute atomic E-state index is 3.75. The van der Waals surface area contributed by atoms with E-state index in [1.54, 1.807) is 0 Å². The van der Waals surface area contributed by atoms with E-state index in [0.29, 0.717) is 12.1 Å². The van der Waals surface area contributed by atoms with Gasteiger partial charge >= 0.3 is 0 Å². The Morgan fingerprint density at radius 2 is 1.95 bits per heavy atom. The van der Waals surface area contributed by atoms with E-state index in [-0.39, 0.29) is 0 Å². The molecule has 1 aliphatic rings. The summed E-state index contributed by atoms with van der Waals surface area (Å²) in [6, 6.07) is 11.9. The van der Waals surface area contributed by atoms with Gasteiger partial charge in [0.2, 0.25) is 0 Å². The highest BCUT2D eigenvalue weighted by molar-refractivity contribution is 5.14. The molecule has 1 fully saturated rings. The zero-order valence-corrected chi connectivity index (χ0v) is 12.2. The molecule has 0 aromatic heterocycles. The number of nitrogens with zero attached hydrogens (tertiary/aromatic N) is 1. The maximum Gasteiger partial charge on any atom is 0.0231 e. The van der Waals surface area contributed by atoms with E-state index in [9.17, 15) is 0 Å². The quantitative estimate of drug-likeness (QED) is 0.818. The molecule has 3 nitrogen and oxygen atoms in total. The summed E-state index contributed by atoms with van der Waals surface area (Å²) in [5.41, 5.74) is 1.39. The van der Waals surface area contributed by atoms with Crippen molar-refractivity contribution >= 4 is 0 Å². The highest BCUT2D eigenvalue weighted by atomic mass is 15.1. The minimum absolute atomic E-state index is 0.553. The molecule has 1 aliphatic heterocycles. The van der Waals surface area contributed by atoms with Gasteiger partial charge in [0.15, 0.2) is 0 Å². The average Bonchev–Trinajstić information content (AvgIpc) is 2.40. The SMILES string of the molecule is CC(CN(C)Cc1ccccc1)NC1CCNCC1. The van der Waals surface area contributed by atoms with Crippen molar-refractivity contribution in [3.05, 3.63) is 35.9 Å². The van der Waals surface area contributed by atoms with Crippen LogP contribution in [0.15, 0.2) is 30.3 Å².